The molecule has 7 heteroatoms. The molecule has 0 saturated heterocycles. The third-order valence-corrected chi connectivity index (χ3v) is 4.06. The highest BCUT2D eigenvalue weighted by Gasteiger charge is 2.13. The van der Waals surface area contributed by atoms with Crippen molar-refractivity contribution in [3.8, 4) is 5.69 Å². The van der Waals surface area contributed by atoms with Crippen molar-refractivity contribution in [3.63, 3.8) is 0 Å². The van der Waals surface area contributed by atoms with Gasteiger partial charge in [-0.1, -0.05) is 23.2 Å². The van der Waals surface area contributed by atoms with Crippen LogP contribution < -0.4 is 10.9 Å². The highest BCUT2D eigenvalue weighted by Crippen LogP contribution is 2.20. The van der Waals surface area contributed by atoms with Crippen molar-refractivity contribution in [2.24, 2.45) is 0 Å². The van der Waals surface area contributed by atoms with Crippen LogP contribution in [0.4, 0.5) is 0 Å². The number of amides is 2. The Hall–Kier alpha value is -2.76. The Morgan fingerprint density at radius 3 is 2.16 bits per heavy atom. The van der Waals surface area contributed by atoms with Gasteiger partial charge in [0.1, 0.15) is 0 Å². The number of halogens is 2. The maximum atomic E-state index is 12.1. The van der Waals surface area contributed by atoms with Gasteiger partial charge in [-0.3, -0.25) is 20.4 Å². The van der Waals surface area contributed by atoms with Gasteiger partial charge in [-0.05, 0) is 54.6 Å². The highest BCUT2D eigenvalue weighted by molar-refractivity contribution is 6.35. The first kappa shape index (κ1) is 17.1. The third kappa shape index (κ3) is 4.02. The summed E-state index contributed by atoms with van der Waals surface area (Å²) in [5, 5.41) is 0.619. The molecule has 0 bridgehead atoms. The number of benzene rings is 2. The van der Waals surface area contributed by atoms with E-state index in [9.17, 15) is 9.59 Å². The van der Waals surface area contributed by atoms with Gasteiger partial charge in [-0.15, -0.1) is 0 Å². The zero-order valence-electron chi connectivity index (χ0n) is 12.9. The number of aromatic nitrogens is 1. The van der Waals surface area contributed by atoms with Crippen LogP contribution in [0.5, 0.6) is 0 Å². The summed E-state index contributed by atoms with van der Waals surface area (Å²) in [5.74, 6) is -0.990. The van der Waals surface area contributed by atoms with E-state index in [-0.39, 0.29) is 10.6 Å². The Labute approximate surface area is 154 Å². The Morgan fingerprint density at radius 1 is 0.840 bits per heavy atom. The fraction of sp³-hybridized carbons (Fsp3) is 0. The second kappa shape index (κ2) is 7.42. The van der Waals surface area contributed by atoms with Crippen molar-refractivity contribution in [2.45, 2.75) is 0 Å². The summed E-state index contributed by atoms with van der Waals surface area (Å²) in [6.07, 6.45) is 3.81. The van der Waals surface area contributed by atoms with Crippen LogP contribution in [0.2, 0.25) is 10.0 Å². The smallest absolute Gasteiger partial charge is 0.271 e. The van der Waals surface area contributed by atoms with Gasteiger partial charge in [0.15, 0.2) is 0 Å². The van der Waals surface area contributed by atoms with Gasteiger partial charge in [-0.2, -0.15) is 0 Å². The molecule has 0 spiro atoms. The van der Waals surface area contributed by atoms with Gasteiger partial charge >= 0.3 is 0 Å². The van der Waals surface area contributed by atoms with E-state index < -0.39 is 11.8 Å². The van der Waals surface area contributed by atoms with Gasteiger partial charge < -0.3 is 4.57 Å². The molecule has 25 heavy (non-hydrogen) atoms. The predicted molar refractivity (Wildman–Crippen MR) is 97.2 cm³/mol. The van der Waals surface area contributed by atoms with Crippen LogP contribution in [0.25, 0.3) is 5.69 Å². The normalized spacial score (nSPS) is 10.3. The molecule has 0 saturated carbocycles. The number of hydrazine groups is 1. The first-order valence-electron chi connectivity index (χ1n) is 7.34. The number of hydrogen-bond donors (Lipinski definition) is 2. The first-order valence-corrected chi connectivity index (χ1v) is 8.09. The maximum absolute atomic E-state index is 12.1. The van der Waals surface area contributed by atoms with Gasteiger partial charge in [-0.25, -0.2) is 0 Å². The molecule has 0 atom stereocenters. The minimum absolute atomic E-state index is 0.178. The van der Waals surface area contributed by atoms with Crippen molar-refractivity contribution in [2.75, 3.05) is 0 Å². The monoisotopic (exact) mass is 373 g/mol. The Kier molecular flexibility index (Phi) is 5.07. The molecule has 1 heterocycles. The predicted octanol–water partition coefficient (Wildman–Crippen LogP) is 3.86. The van der Waals surface area contributed by atoms with Crippen LogP contribution in [0.3, 0.4) is 0 Å². The second-order valence-electron chi connectivity index (χ2n) is 5.17. The lowest BCUT2D eigenvalue weighted by molar-refractivity contribution is 0.0847. The molecular weight excluding hydrogens is 361 g/mol. The summed E-state index contributed by atoms with van der Waals surface area (Å²) in [5.41, 5.74) is 6.19. The second-order valence-corrected chi connectivity index (χ2v) is 6.01. The third-order valence-electron chi connectivity index (χ3n) is 3.49. The maximum Gasteiger partial charge on any atom is 0.271 e. The molecule has 0 unspecified atom stereocenters. The summed E-state index contributed by atoms with van der Waals surface area (Å²) >= 11 is 11.8. The van der Waals surface area contributed by atoms with E-state index in [1.807, 2.05) is 41.2 Å². The topological polar surface area (TPSA) is 63.1 Å². The van der Waals surface area contributed by atoms with Crippen LogP contribution >= 0.6 is 23.2 Å². The largest absolute Gasteiger partial charge is 0.324 e. The molecule has 2 N–H and O–H groups in total. The van der Waals surface area contributed by atoms with E-state index in [0.29, 0.717) is 10.6 Å². The number of nitrogens with one attached hydrogen (secondary N) is 2. The molecule has 0 aliphatic rings. The molecular formula is C18H13Cl2N3O2. The summed E-state index contributed by atoms with van der Waals surface area (Å²) in [6, 6.07) is 15.3. The molecule has 3 rings (SSSR count). The summed E-state index contributed by atoms with van der Waals surface area (Å²) in [7, 11) is 0. The van der Waals surface area contributed by atoms with Gasteiger partial charge in [0, 0.05) is 28.7 Å². The highest BCUT2D eigenvalue weighted by atomic mass is 35.5. The molecule has 0 aliphatic carbocycles. The molecule has 2 aromatic carbocycles. The molecule has 0 radical (unpaired) electrons. The van der Waals surface area contributed by atoms with Crippen molar-refractivity contribution >= 4 is 35.0 Å². The van der Waals surface area contributed by atoms with Crippen molar-refractivity contribution in [3.05, 3.63) is 88.2 Å². The average Bonchev–Trinajstić information content (AvgIpc) is 3.16. The van der Waals surface area contributed by atoms with E-state index in [2.05, 4.69) is 10.9 Å². The molecule has 0 aliphatic heterocycles. The molecule has 0 fully saturated rings. The Bertz CT molecular complexity index is 907. The lowest BCUT2D eigenvalue weighted by Crippen LogP contribution is -2.41. The summed E-state index contributed by atoms with van der Waals surface area (Å²) < 4.78 is 1.92. The number of carbonyl (C=O) groups excluding carboxylic acids is 2. The number of rotatable bonds is 3. The van der Waals surface area contributed by atoms with Crippen LogP contribution in [0.15, 0.2) is 67.0 Å². The quantitative estimate of drug-likeness (QED) is 0.684. The molecule has 126 valence electrons. The zero-order valence-corrected chi connectivity index (χ0v) is 14.4. The average molecular weight is 374 g/mol. The SMILES string of the molecule is O=C(NNC(=O)c1cc(Cl)ccc1Cl)c1ccc(-n2cccc2)cc1. The summed E-state index contributed by atoms with van der Waals surface area (Å²) in [6.45, 7) is 0. The van der Waals surface area contributed by atoms with Crippen LogP contribution in [-0.4, -0.2) is 16.4 Å². The standard InChI is InChI=1S/C18H13Cl2N3O2/c19-13-5-8-16(20)15(11-13)18(25)22-21-17(24)12-3-6-14(7-4-12)23-9-1-2-10-23/h1-11H,(H,21,24)(H,22,25). The van der Waals surface area contributed by atoms with Gasteiger partial charge in [0.2, 0.25) is 0 Å². The molecule has 5 nitrogen and oxygen atoms in total. The lowest BCUT2D eigenvalue weighted by Gasteiger charge is -2.09. The van der Waals surface area contributed by atoms with Crippen LogP contribution in [0.1, 0.15) is 20.7 Å². The first-order chi connectivity index (χ1) is 12.0. The number of hydrogen-bond acceptors (Lipinski definition) is 2. The molecule has 2 amide bonds. The minimum atomic E-state index is -0.551. The number of carbonyl (C=O) groups is 2. The fourth-order valence-corrected chi connectivity index (χ4v) is 2.59. The van der Waals surface area contributed by atoms with Crippen molar-refractivity contribution in [1.29, 1.82) is 0 Å². The van der Waals surface area contributed by atoms with Crippen LogP contribution in [0, 0.1) is 0 Å². The van der Waals surface area contributed by atoms with E-state index >= 15 is 0 Å². The van der Waals surface area contributed by atoms with Crippen molar-refractivity contribution in [1.82, 2.24) is 15.4 Å². The fourth-order valence-electron chi connectivity index (χ4n) is 2.22. The Balaban J connectivity index is 1.64. The van der Waals surface area contributed by atoms with E-state index in [1.54, 1.807) is 18.2 Å². The zero-order chi connectivity index (χ0) is 17.8. The van der Waals surface area contributed by atoms with Gasteiger partial charge in [0.05, 0.1) is 10.6 Å². The molecule has 1 aromatic heterocycles. The van der Waals surface area contributed by atoms with Crippen LogP contribution in [-0.2, 0) is 0 Å². The lowest BCUT2D eigenvalue weighted by atomic mass is 10.2. The van der Waals surface area contributed by atoms with Crippen molar-refractivity contribution < 1.29 is 9.59 Å². The Morgan fingerprint density at radius 2 is 1.48 bits per heavy atom. The van der Waals surface area contributed by atoms with E-state index in [0.717, 1.165) is 5.69 Å². The van der Waals surface area contributed by atoms with Gasteiger partial charge in [0.25, 0.3) is 11.8 Å². The van der Waals surface area contributed by atoms with E-state index in [4.69, 9.17) is 23.2 Å². The molecule has 3 aromatic rings. The van der Waals surface area contributed by atoms with E-state index in [1.165, 1.54) is 12.1 Å². The summed E-state index contributed by atoms with van der Waals surface area (Å²) in [4.78, 5) is 24.2. The number of nitrogens with zero attached hydrogens (tertiary/aromatic N) is 1. The minimum Gasteiger partial charge on any atom is -0.324 e.